The van der Waals surface area contributed by atoms with Gasteiger partial charge in [-0.3, -0.25) is 4.79 Å². The van der Waals surface area contributed by atoms with Gasteiger partial charge in [-0.1, -0.05) is 24.3 Å². The highest BCUT2D eigenvalue weighted by Gasteiger charge is 2.38. The molecule has 0 aliphatic carbocycles. The zero-order valence-corrected chi connectivity index (χ0v) is 12.7. The van der Waals surface area contributed by atoms with Crippen LogP contribution < -0.4 is 0 Å². The minimum atomic E-state index is -1.24. The first kappa shape index (κ1) is 15.7. The third-order valence-electron chi connectivity index (χ3n) is 3.29. The minimum Gasteiger partial charge on any atom is -0.460 e. The fourth-order valence-electron chi connectivity index (χ4n) is 1.99. The van der Waals surface area contributed by atoms with Gasteiger partial charge in [0.2, 0.25) is 0 Å². The number of rotatable bonds is 3. The van der Waals surface area contributed by atoms with Gasteiger partial charge in [-0.25, -0.2) is 0 Å². The average Bonchev–Trinajstić information content (AvgIpc) is 2.26. The van der Waals surface area contributed by atoms with Gasteiger partial charge in [-0.05, 0) is 52.7 Å². The highest BCUT2D eigenvalue weighted by Crippen LogP contribution is 2.32. The van der Waals surface area contributed by atoms with Gasteiger partial charge in [0.1, 0.15) is 11.2 Å². The highest BCUT2D eigenvalue weighted by molar-refractivity contribution is 5.74. The summed E-state index contributed by atoms with van der Waals surface area (Å²) < 4.78 is 5.35. The maximum atomic E-state index is 12.1. The first-order chi connectivity index (χ1) is 8.55. The van der Waals surface area contributed by atoms with Crippen LogP contribution in [0.15, 0.2) is 24.3 Å². The predicted molar refractivity (Wildman–Crippen MR) is 75.8 cm³/mol. The fraction of sp³-hybridized carbons (Fsp3) is 0.562. The van der Waals surface area contributed by atoms with Crippen molar-refractivity contribution >= 4 is 5.97 Å². The molecule has 1 rings (SSSR count). The van der Waals surface area contributed by atoms with E-state index in [9.17, 15) is 9.90 Å². The molecule has 19 heavy (non-hydrogen) atoms. The van der Waals surface area contributed by atoms with Crippen LogP contribution in [0.5, 0.6) is 0 Å². The molecule has 0 fully saturated rings. The quantitative estimate of drug-likeness (QED) is 0.853. The van der Waals surface area contributed by atoms with Crippen molar-refractivity contribution in [2.24, 2.45) is 5.92 Å². The molecule has 0 amide bonds. The lowest BCUT2D eigenvalue weighted by atomic mass is 9.82. The van der Waals surface area contributed by atoms with Crippen molar-refractivity contribution in [3.05, 3.63) is 35.4 Å². The first-order valence-corrected chi connectivity index (χ1v) is 6.57. The van der Waals surface area contributed by atoms with Crippen LogP contribution >= 0.6 is 0 Å². The van der Waals surface area contributed by atoms with Crippen LogP contribution in [0, 0.1) is 12.8 Å². The predicted octanol–water partition coefficient (Wildman–Crippen LogP) is 3.18. The van der Waals surface area contributed by atoms with Crippen molar-refractivity contribution < 1.29 is 14.6 Å². The summed E-state index contributed by atoms with van der Waals surface area (Å²) in [5.74, 6) is -1.02. The molecule has 106 valence electrons. The molecule has 1 N–H and O–H groups in total. The molecule has 0 spiro atoms. The van der Waals surface area contributed by atoms with Gasteiger partial charge in [0.15, 0.2) is 0 Å². The molecule has 0 aromatic heterocycles. The lowest BCUT2D eigenvalue weighted by Gasteiger charge is -2.32. The Bertz CT molecular complexity index is 455. The molecule has 1 aromatic carbocycles. The second-order valence-corrected chi connectivity index (χ2v) is 6.22. The molecular formula is C16H24O3. The Morgan fingerprint density at radius 1 is 1.21 bits per heavy atom. The molecule has 3 nitrogen and oxygen atoms in total. The molecule has 0 heterocycles. The Morgan fingerprint density at radius 3 is 2.21 bits per heavy atom. The smallest absolute Gasteiger partial charge is 0.312 e. The summed E-state index contributed by atoms with van der Waals surface area (Å²) in [7, 11) is 0. The third kappa shape index (κ3) is 3.80. The Balaban J connectivity index is 3.00. The maximum absolute atomic E-state index is 12.1. The standard InChI is InChI=1S/C16H24O3/c1-11-9-7-8-10-13(11)16(6,18)12(2)14(17)19-15(3,4)5/h7-10,12,18H,1-6H3. The number of hydrogen-bond donors (Lipinski definition) is 1. The molecule has 3 heteroatoms. The van der Waals surface area contributed by atoms with Gasteiger partial charge in [0, 0.05) is 0 Å². The van der Waals surface area contributed by atoms with Gasteiger partial charge in [0.25, 0.3) is 0 Å². The molecule has 0 bridgehead atoms. The summed E-state index contributed by atoms with van der Waals surface area (Å²) in [5, 5.41) is 10.7. The van der Waals surface area contributed by atoms with Crippen LogP contribution in [-0.4, -0.2) is 16.7 Å². The third-order valence-corrected chi connectivity index (χ3v) is 3.29. The molecule has 0 radical (unpaired) electrons. The lowest BCUT2D eigenvalue weighted by molar-refractivity contribution is -0.168. The van der Waals surface area contributed by atoms with Crippen molar-refractivity contribution in [3.63, 3.8) is 0 Å². The number of carbonyl (C=O) groups is 1. The van der Waals surface area contributed by atoms with E-state index in [0.717, 1.165) is 11.1 Å². The summed E-state index contributed by atoms with van der Waals surface area (Å²) >= 11 is 0. The van der Waals surface area contributed by atoms with Gasteiger partial charge >= 0.3 is 5.97 Å². The monoisotopic (exact) mass is 264 g/mol. The lowest BCUT2D eigenvalue weighted by Crippen LogP contribution is -2.39. The van der Waals surface area contributed by atoms with Crippen molar-refractivity contribution in [3.8, 4) is 0 Å². The van der Waals surface area contributed by atoms with Crippen molar-refractivity contribution in [2.45, 2.75) is 52.7 Å². The topological polar surface area (TPSA) is 46.5 Å². The minimum absolute atomic E-state index is 0.388. The number of ether oxygens (including phenoxy) is 1. The van der Waals surface area contributed by atoms with Crippen LogP contribution in [0.1, 0.15) is 45.7 Å². The Kier molecular flexibility index (Phi) is 4.41. The van der Waals surface area contributed by atoms with E-state index < -0.39 is 17.1 Å². The van der Waals surface area contributed by atoms with Gasteiger partial charge < -0.3 is 9.84 Å². The summed E-state index contributed by atoms with van der Waals surface area (Å²) in [6.07, 6.45) is 0. The number of benzene rings is 1. The maximum Gasteiger partial charge on any atom is 0.312 e. The van der Waals surface area contributed by atoms with Crippen LogP contribution in [0.3, 0.4) is 0 Å². The zero-order valence-electron chi connectivity index (χ0n) is 12.7. The van der Waals surface area contributed by atoms with Gasteiger partial charge in [0.05, 0.1) is 5.92 Å². The number of aryl methyl sites for hydroxylation is 1. The molecular weight excluding hydrogens is 240 g/mol. The molecule has 0 saturated heterocycles. The number of esters is 1. The van der Waals surface area contributed by atoms with E-state index in [4.69, 9.17) is 4.74 Å². The SMILES string of the molecule is Cc1ccccc1C(C)(O)C(C)C(=O)OC(C)(C)C. The summed E-state index contributed by atoms with van der Waals surface area (Å²) in [6.45, 7) is 10.7. The van der Waals surface area contributed by atoms with Crippen molar-refractivity contribution in [2.75, 3.05) is 0 Å². The van der Waals surface area contributed by atoms with Crippen LogP contribution in [0.4, 0.5) is 0 Å². The molecule has 0 aliphatic rings. The number of carbonyl (C=O) groups excluding carboxylic acids is 1. The largest absolute Gasteiger partial charge is 0.460 e. The summed E-state index contributed by atoms with van der Waals surface area (Å²) in [6, 6.07) is 7.54. The first-order valence-electron chi connectivity index (χ1n) is 6.57. The average molecular weight is 264 g/mol. The Morgan fingerprint density at radius 2 is 1.74 bits per heavy atom. The van der Waals surface area contributed by atoms with Crippen molar-refractivity contribution in [1.29, 1.82) is 0 Å². The van der Waals surface area contributed by atoms with Crippen LogP contribution in [-0.2, 0) is 15.1 Å². The van der Waals surface area contributed by atoms with Gasteiger partial charge in [-0.15, -0.1) is 0 Å². The normalized spacial score (nSPS) is 16.6. The van der Waals surface area contributed by atoms with Gasteiger partial charge in [-0.2, -0.15) is 0 Å². The van der Waals surface area contributed by atoms with Crippen LogP contribution in [0.2, 0.25) is 0 Å². The van der Waals surface area contributed by atoms with E-state index in [1.807, 2.05) is 52.0 Å². The highest BCUT2D eigenvalue weighted by atomic mass is 16.6. The fourth-order valence-corrected chi connectivity index (χ4v) is 1.99. The molecule has 2 atom stereocenters. The summed E-state index contributed by atoms with van der Waals surface area (Å²) in [5.41, 5.74) is -0.0721. The molecule has 2 unspecified atom stereocenters. The van der Waals surface area contributed by atoms with E-state index in [1.165, 1.54) is 0 Å². The van der Waals surface area contributed by atoms with E-state index in [1.54, 1.807) is 13.8 Å². The van der Waals surface area contributed by atoms with E-state index >= 15 is 0 Å². The number of aliphatic hydroxyl groups is 1. The second-order valence-electron chi connectivity index (χ2n) is 6.22. The van der Waals surface area contributed by atoms with E-state index in [2.05, 4.69) is 0 Å². The number of hydrogen-bond acceptors (Lipinski definition) is 3. The van der Waals surface area contributed by atoms with Crippen LogP contribution in [0.25, 0.3) is 0 Å². The molecule has 1 aromatic rings. The summed E-state index contributed by atoms with van der Waals surface area (Å²) in [4.78, 5) is 12.1. The van der Waals surface area contributed by atoms with E-state index in [0.29, 0.717) is 0 Å². The molecule has 0 aliphatic heterocycles. The second kappa shape index (κ2) is 5.33. The Labute approximate surface area is 115 Å². The van der Waals surface area contributed by atoms with E-state index in [-0.39, 0.29) is 5.97 Å². The Hall–Kier alpha value is -1.35. The molecule has 0 saturated carbocycles. The van der Waals surface area contributed by atoms with Crippen molar-refractivity contribution in [1.82, 2.24) is 0 Å². The zero-order chi connectivity index (χ0) is 14.8.